The van der Waals surface area contributed by atoms with E-state index >= 15 is 0 Å². The van der Waals surface area contributed by atoms with E-state index in [1.165, 1.54) is 36.8 Å². The number of rotatable bonds is 9. The van der Waals surface area contributed by atoms with Gasteiger partial charge < -0.3 is 14.8 Å². The Morgan fingerprint density at radius 1 is 1.00 bits per heavy atom. The van der Waals surface area contributed by atoms with Gasteiger partial charge in [0, 0.05) is 53.1 Å². The first-order valence-electron chi connectivity index (χ1n) is 13.3. The number of carbonyl (C=O) groups excluding carboxylic acids is 3. The second kappa shape index (κ2) is 13.3. The van der Waals surface area contributed by atoms with Crippen LogP contribution in [0.25, 0.3) is 21.7 Å². The molecule has 1 aliphatic carbocycles. The van der Waals surface area contributed by atoms with Crippen LogP contribution in [-0.2, 0) is 9.47 Å². The Hall–Kier alpha value is -3.86. The van der Waals surface area contributed by atoms with Crippen molar-refractivity contribution in [3.8, 4) is 21.7 Å². The normalized spacial score (nSPS) is 13.5. The van der Waals surface area contributed by atoms with Crippen molar-refractivity contribution in [2.24, 2.45) is 0 Å². The quantitative estimate of drug-likeness (QED) is 0.318. The molecule has 0 atom stereocenters. The Morgan fingerprint density at radius 3 is 2.46 bits per heavy atom. The van der Waals surface area contributed by atoms with Crippen molar-refractivity contribution in [1.29, 1.82) is 0 Å². The van der Waals surface area contributed by atoms with Gasteiger partial charge >= 0.3 is 18.0 Å². The number of urea groups is 1. The molecule has 3 aromatic rings. The van der Waals surface area contributed by atoms with Gasteiger partial charge in [-0.3, -0.25) is 10.3 Å². The van der Waals surface area contributed by atoms with Gasteiger partial charge in [-0.05, 0) is 39.7 Å². The van der Waals surface area contributed by atoms with E-state index in [4.69, 9.17) is 14.5 Å². The number of thiazole rings is 1. The molecule has 1 fully saturated rings. The van der Waals surface area contributed by atoms with Crippen LogP contribution >= 0.6 is 11.3 Å². The predicted octanol–water partition coefficient (Wildman–Crippen LogP) is 5.81. The highest BCUT2D eigenvalue weighted by atomic mass is 32.1. The number of pyridine rings is 2. The van der Waals surface area contributed by atoms with Crippen LogP contribution in [0.4, 0.5) is 10.6 Å². The Bertz CT molecular complexity index is 1340. The third-order valence-corrected chi connectivity index (χ3v) is 7.33. The van der Waals surface area contributed by atoms with E-state index in [2.05, 4.69) is 20.6 Å². The molecule has 1 saturated carbocycles. The standard InChI is InChI=1S/C28H33N5O5S/c1-4-30-28(36)33-24-23(27(35)38-6-3)22(25-32-21(16-39-25)17-10-8-7-9-11-17)20(15-31-24)18-12-19(14-29-13-18)26(34)37-5-2/h12-17H,4-11H2,1-3H3,(H2,30,31,33,36). The molecule has 0 bridgehead atoms. The summed E-state index contributed by atoms with van der Waals surface area (Å²) < 4.78 is 10.6. The minimum atomic E-state index is -0.641. The lowest BCUT2D eigenvalue weighted by Gasteiger charge is -2.19. The Balaban J connectivity index is 1.92. The van der Waals surface area contributed by atoms with Gasteiger partial charge in [-0.2, -0.15) is 0 Å². The molecule has 39 heavy (non-hydrogen) atoms. The number of amides is 2. The molecule has 3 heterocycles. The van der Waals surface area contributed by atoms with E-state index in [1.54, 1.807) is 39.2 Å². The zero-order chi connectivity index (χ0) is 27.8. The lowest BCUT2D eigenvalue weighted by Crippen LogP contribution is -2.29. The lowest BCUT2D eigenvalue weighted by atomic mass is 9.87. The maximum atomic E-state index is 13.4. The van der Waals surface area contributed by atoms with Gasteiger partial charge in [-0.1, -0.05) is 19.3 Å². The molecule has 0 aromatic carbocycles. The summed E-state index contributed by atoms with van der Waals surface area (Å²) in [5.74, 6) is -0.725. The number of esters is 2. The first-order valence-corrected chi connectivity index (χ1v) is 14.2. The van der Waals surface area contributed by atoms with Gasteiger partial charge in [0.15, 0.2) is 0 Å². The maximum Gasteiger partial charge on any atom is 0.342 e. The first kappa shape index (κ1) is 28.2. The maximum absolute atomic E-state index is 13.4. The summed E-state index contributed by atoms with van der Waals surface area (Å²) in [6.45, 7) is 5.99. The van der Waals surface area contributed by atoms with Gasteiger partial charge in [0.25, 0.3) is 0 Å². The van der Waals surface area contributed by atoms with E-state index in [9.17, 15) is 14.4 Å². The molecule has 0 aliphatic heterocycles. The number of nitrogens with one attached hydrogen (secondary N) is 2. The second-order valence-electron chi connectivity index (χ2n) is 9.07. The number of hydrogen-bond donors (Lipinski definition) is 2. The fraction of sp³-hybridized carbons (Fsp3) is 0.429. The van der Waals surface area contributed by atoms with Crippen LogP contribution in [0.15, 0.2) is 30.0 Å². The number of carbonyl (C=O) groups is 3. The van der Waals surface area contributed by atoms with E-state index in [-0.39, 0.29) is 30.2 Å². The molecule has 3 aromatic heterocycles. The molecule has 0 saturated heterocycles. The fourth-order valence-corrected chi connectivity index (χ4v) is 5.63. The number of ether oxygens (including phenoxy) is 2. The highest BCUT2D eigenvalue weighted by Gasteiger charge is 2.28. The molecule has 2 N–H and O–H groups in total. The second-order valence-corrected chi connectivity index (χ2v) is 9.93. The molecule has 0 radical (unpaired) electrons. The summed E-state index contributed by atoms with van der Waals surface area (Å²) in [6.07, 6.45) is 10.3. The van der Waals surface area contributed by atoms with Crippen LogP contribution in [0.2, 0.25) is 0 Å². The minimum absolute atomic E-state index is 0.0575. The smallest absolute Gasteiger partial charge is 0.342 e. The Kier molecular flexibility index (Phi) is 9.59. The molecule has 206 valence electrons. The molecule has 2 amide bonds. The number of anilines is 1. The van der Waals surface area contributed by atoms with E-state index < -0.39 is 18.0 Å². The highest BCUT2D eigenvalue weighted by Crippen LogP contribution is 2.41. The number of aromatic nitrogens is 3. The van der Waals surface area contributed by atoms with Crippen LogP contribution in [-0.4, -0.2) is 52.7 Å². The lowest BCUT2D eigenvalue weighted by molar-refractivity contribution is 0.0517. The summed E-state index contributed by atoms with van der Waals surface area (Å²) in [5.41, 5.74) is 2.89. The fourth-order valence-electron chi connectivity index (χ4n) is 4.66. The van der Waals surface area contributed by atoms with Crippen molar-refractivity contribution in [2.75, 3.05) is 25.1 Å². The third kappa shape index (κ3) is 6.59. The molecular weight excluding hydrogens is 518 g/mol. The highest BCUT2D eigenvalue weighted by molar-refractivity contribution is 7.13. The van der Waals surface area contributed by atoms with Crippen molar-refractivity contribution in [3.63, 3.8) is 0 Å². The SMILES string of the molecule is CCNC(=O)Nc1ncc(-c2cncc(C(=O)OCC)c2)c(-c2nc(C3CCCCC3)cs2)c1C(=O)OCC. The molecule has 0 unspecified atom stereocenters. The molecule has 0 spiro atoms. The third-order valence-electron chi connectivity index (χ3n) is 6.45. The average molecular weight is 552 g/mol. The van der Waals surface area contributed by atoms with Crippen LogP contribution in [0.3, 0.4) is 0 Å². The van der Waals surface area contributed by atoms with Crippen molar-refractivity contribution < 1.29 is 23.9 Å². The van der Waals surface area contributed by atoms with Crippen LogP contribution in [0.1, 0.15) is 85.2 Å². The number of nitrogens with zero attached hydrogens (tertiary/aromatic N) is 3. The van der Waals surface area contributed by atoms with E-state index in [0.717, 1.165) is 18.5 Å². The van der Waals surface area contributed by atoms with Crippen LogP contribution < -0.4 is 10.6 Å². The summed E-state index contributed by atoms with van der Waals surface area (Å²) >= 11 is 1.42. The average Bonchev–Trinajstić information content (AvgIpc) is 3.44. The summed E-state index contributed by atoms with van der Waals surface area (Å²) in [4.78, 5) is 52.0. The Morgan fingerprint density at radius 2 is 1.74 bits per heavy atom. The predicted molar refractivity (Wildman–Crippen MR) is 149 cm³/mol. The summed E-state index contributed by atoms with van der Waals surface area (Å²) in [5, 5.41) is 7.97. The summed E-state index contributed by atoms with van der Waals surface area (Å²) in [6, 6.07) is 1.15. The topological polar surface area (TPSA) is 132 Å². The van der Waals surface area contributed by atoms with Crippen molar-refractivity contribution >= 4 is 35.1 Å². The van der Waals surface area contributed by atoms with Gasteiger partial charge in [-0.25, -0.2) is 24.4 Å². The van der Waals surface area contributed by atoms with Crippen LogP contribution in [0.5, 0.6) is 0 Å². The zero-order valence-corrected chi connectivity index (χ0v) is 23.2. The van der Waals surface area contributed by atoms with E-state index in [0.29, 0.717) is 34.2 Å². The van der Waals surface area contributed by atoms with Crippen molar-refractivity contribution in [2.45, 2.75) is 58.8 Å². The van der Waals surface area contributed by atoms with Gasteiger partial charge in [0.2, 0.25) is 0 Å². The monoisotopic (exact) mass is 551 g/mol. The molecule has 4 rings (SSSR count). The molecular formula is C28H33N5O5S. The minimum Gasteiger partial charge on any atom is -0.462 e. The molecule has 10 nitrogen and oxygen atoms in total. The zero-order valence-electron chi connectivity index (χ0n) is 22.4. The van der Waals surface area contributed by atoms with Gasteiger partial charge in [0.1, 0.15) is 16.4 Å². The molecule has 1 aliphatic rings. The first-order chi connectivity index (χ1) is 19.0. The van der Waals surface area contributed by atoms with Crippen molar-refractivity contribution in [3.05, 3.63) is 46.9 Å². The largest absolute Gasteiger partial charge is 0.462 e. The van der Waals surface area contributed by atoms with Crippen LogP contribution in [0, 0.1) is 0 Å². The van der Waals surface area contributed by atoms with E-state index in [1.807, 2.05) is 5.38 Å². The summed E-state index contributed by atoms with van der Waals surface area (Å²) in [7, 11) is 0. The Labute approximate surface area is 231 Å². The van der Waals surface area contributed by atoms with Crippen molar-refractivity contribution in [1.82, 2.24) is 20.3 Å². The van der Waals surface area contributed by atoms with Gasteiger partial charge in [-0.15, -0.1) is 11.3 Å². The number of hydrogen-bond acceptors (Lipinski definition) is 9. The molecule has 11 heteroatoms. The van der Waals surface area contributed by atoms with Gasteiger partial charge in [0.05, 0.1) is 24.5 Å².